The molecular weight excluding hydrogens is 402 g/mol. The molecular formula is C26H29N3O3. The second kappa shape index (κ2) is 8.08. The first-order chi connectivity index (χ1) is 15.4. The van der Waals surface area contributed by atoms with Crippen molar-refractivity contribution in [3.8, 4) is 11.1 Å². The molecule has 6 heteroatoms. The van der Waals surface area contributed by atoms with E-state index >= 15 is 0 Å². The number of fused-ring (bicyclic) bond motifs is 1. The van der Waals surface area contributed by atoms with E-state index in [0.717, 1.165) is 47.1 Å². The Morgan fingerprint density at radius 3 is 2.34 bits per heavy atom. The lowest BCUT2D eigenvalue weighted by Gasteiger charge is -2.18. The molecule has 6 nitrogen and oxygen atoms in total. The molecule has 2 fully saturated rings. The molecule has 2 aliphatic heterocycles. The van der Waals surface area contributed by atoms with Crippen molar-refractivity contribution in [3.63, 3.8) is 0 Å². The number of benzene rings is 2. The second-order valence-corrected chi connectivity index (χ2v) is 9.60. The van der Waals surface area contributed by atoms with Crippen LogP contribution in [-0.2, 0) is 17.9 Å². The SMILES string of the molecule is CC(C)CCN1C(=O)CN(Cc2ccc(-c3ccc4c(c3)CN(C3CC3)C4=O)cc2)C1=O. The minimum atomic E-state index is -0.191. The highest BCUT2D eigenvalue weighted by molar-refractivity contribution is 6.02. The van der Waals surface area contributed by atoms with Gasteiger partial charge in [0.1, 0.15) is 6.54 Å². The predicted molar refractivity (Wildman–Crippen MR) is 122 cm³/mol. The van der Waals surface area contributed by atoms with Crippen LogP contribution in [-0.4, -0.2) is 51.7 Å². The molecule has 0 aromatic heterocycles. The molecule has 32 heavy (non-hydrogen) atoms. The fourth-order valence-corrected chi connectivity index (χ4v) is 4.55. The molecule has 3 aliphatic rings. The molecule has 0 N–H and O–H groups in total. The Bertz CT molecular complexity index is 1070. The molecule has 2 heterocycles. The summed E-state index contributed by atoms with van der Waals surface area (Å²) in [6, 6.07) is 14.4. The van der Waals surface area contributed by atoms with Crippen LogP contribution in [0, 0.1) is 5.92 Å². The number of hydrogen-bond acceptors (Lipinski definition) is 3. The lowest BCUT2D eigenvalue weighted by atomic mass is 9.99. The topological polar surface area (TPSA) is 60.9 Å². The van der Waals surface area contributed by atoms with Crippen molar-refractivity contribution in [2.45, 2.75) is 52.2 Å². The van der Waals surface area contributed by atoms with Crippen LogP contribution >= 0.6 is 0 Å². The first-order valence-corrected chi connectivity index (χ1v) is 11.5. The van der Waals surface area contributed by atoms with Crippen molar-refractivity contribution < 1.29 is 14.4 Å². The first-order valence-electron chi connectivity index (χ1n) is 11.5. The summed E-state index contributed by atoms with van der Waals surface area (Å²) in [5.74, 6) is 0.503. The van der Waals surface area contributed by atoms with E-state index in [1.807, 2.05) is 41.3 Å². The number of rotatable bonds is 7. The van der Waals surface area contributed by atoms with Gasteiger partial charge in [0.15, 0.2) is 0 Å². The molecule has 5 rings (SSSR count). The number of hydrogen-bond donors (Lipinski definition) is 0. The fraction of sp³-hybridized carbons (Fsp3) is 0.423. The standard InChI is InChI=1S/C26H29N3O3/c1-17(2)11-12-28-24(30)16-27(26(28)32)14-18-3-5-19(6-4-18)20-7-10-23-21(13-20)15-29(25(23)31)22-8-9-22/h3-7,10,13,17,22H,8-9,11-12,14-16H2,1-2H3. The number of amides is 4. The highest BCUT2D eigenvalue weighted by atomic mass is 16.2. The van der Waals surface area contributed by atoms with E-state index in [2.05, 4.69) is 19.9 Å². The van der Waals surface area contributed by atoms with Gasteiger partial charge in [-0.1, -0.05) is 44.2 Å². The monoisotopic (exact) mass is 431 g/mol. The lowest BCUT2D eigenvalue weighted by Crippen LogP contribution is -2.34. The summed E-state index contributed by atoms with van der Waals surface area (Å²) < 4.78 is 0. The van der Waals surface area contributed by atoms with Gasteiger partial charge in [0.2, 0.25) is 5.91 Å². The third kappa shape index (κ3) is 3.90. The normalized spacial score (nSPS) is 18.3. The number of urea groups is 1. The zero-order valence-electron chi connectivity index (χ0n) is 18.7. The van der Waals surface area contributed by atoms with Crippen LogP contribution in [0.5, 0.6) is 0 Å². The van der Waals surface area contributed by atoms with Crippen LogP contribution in [0.2, 0.25) is 0 Å². The van der Waals surface area contributed by atoms with Crippen molar-refractivity contribution in [3.05, 3.63) is 59.2 Å². The molecule has 2 aromatic rings. The van der Waals surface area contributed by atoms with Crippen LogP contribution in [0.3, 0.4) is 0 Å². The van der Waals surface area contributed by atoms with Gasteiger partial charge in [0, 0.05) is 31.2 Å². The summed E-state index contributed by atoms with van der Waals surface area (Å²) in [5.41, 5.74) is 5.10. The minimum Gasteiger partial charge on any atom is -0.331 e. The third-order valence-electron chi connectivity index (χ3n) is 6.64. The number of imide groups is 1. The van der Waals surface area contributed by atoms with Crippen LogP contribution < -0.4 is 0 Å². The summed E-state index contributed by atoms with van der Waals surface area (Å²) in [5, 5.41) is 0. The van der Waals surface area contributed by atoms with Gasteiger partial charge in [0.05, 0.1) is 0 Å². The van der Waals surface area contributed by atoms with E-state index in [1.54, 1.807) is 4.90 Å². The maximum atomic E-state index is 12.6. The Hall–Kier alpha value is -3.15. The highest BCUT2D eigenvalue weighted by Gasteiger charge is 2.38. The van der Waals surface area contributed by atoms with E-state index in [9.17, 15) is 14.4 Å². The van der Waals surface area contributed by atoms with E-state index in [-0.39, 0.29) is 24.4 Å². The number of carbonyl (C=O) groups excluding carboxylic acids is 3. The second-order valence-electron chi connectivity index (χ2n) is 9.60. The van der Waals surface area contributed by atoms with E-state index in [0.29, 0.717) is 31.6 Å². The number of carbonyl (C=O) groups is 3. The van der Waals surface area contributed by atoms with Gasteiger partial charge in [-0.05, 0) is 59.6 Å². The molecule has 0 spiro atoms. The molecule has 0 bridgehead atoms. The van der Waals surface area contributed by atoms with Crippen molar-refractivity contribution >= 4 is 17.8 Å². The summed E-state index contributed by atoms with van der Waals surface area (Å²) in [4.78, 5) is 42.4. The van der Waals surface area contributed by atoms with Crippen molar-refractivity contribution in [1.82, 2.24) is 14.7 Å². The lowest BCUT2D eigenvalue weighted by molar-refractivity contribution is -0.125. The van der Waals surface area contributed by atoms with Gasteiger partial charge in [-0.25, -0.2) is 4.79 Å². The average Bonchev–Trinajstić information content (AvgIpc) is 3.51. The molecule has 4 amide bonds. The smallest absolute Gasteiger partial charge is 0.327 e. The molecule has 2 aromatic carbocycles. The maximum absolute atomic E-state index is 12.6. The Kier molecular flexibility index (Phi) is 5.24. The zero-order valence-corrected chi connectivity index (χ0v) is 18.7. The Labute approximate surface area is 188 Å². The van der Waals surface area contributed by atoms with E-state index < -0.39 is 0 Å². The molecule has 1 aliphatic carbocycles. The molecule has 166 valence electrons. The summed E-state index contributed by atoms with van der Waals surface area (Å²) >= 11 is 0. The quantitative estimate of drug-likeness (QED) is 0.615. The molecule has 0 atom stereocenters. The van der Waals surface area contributed by atoms with Crippen molar-refractivity contribution in [2.24, 2.45) is 5.92 Å². The Balaban J connectivity index is 1.26. The molecule has 1 saturated heterocycles. The third-order valence-corrected chi connectivity index (χ3v) is 6.64. The van der Waals surface area contributed by atoms with Gasteiger partial charge in [-0.2, -0.15) is 0 Å². The number of nitrogens with zero attached hydrogens (tertiary/aromatic N) is 3. The minimum absolute atomic E-state index is 0.111. The Morgan fingerprint density at radius 2 is 1.66 bits per heavy atom. The van der Waals surface area contributed by atoms with Crippen LogP contribution in [0.4, 0.5) is 4.79 Å². The average molecular weight is 432 g/mol. The van der Waals surface area contributed by atoms with Gasteiger partial charge in [-0.3, -0.25) is 14.5 Å². The van der Waals surface area contributed by atoms with Gasteiger partial charge in [-0.15, -0.1) is 0 Å². The highest BCUT2D eigenvalue weighted by Crippen LogP contribution is 2.36. The van der Waals surface area contributed by atoms with Gasteiger partial charge < -0.3 is 9.80 Å². The van der Waals surface area contributed by atoms with Crippen molar-refractivity contribution in [1.29, 1.82) is 0 Å². The summed E-state index contributed by atoms with van der Waals surface area (Å²) in [6.45, 7) is 5.96. The van der Waals surface area contributed by atoms with Crippen molar-refractivity contribution in [2.75, 3.05) is 13.1 Å². The summed E-state index contributed by atoms with van der Waals surface area (Å²) in [7, 11) is 0. The predicted octanol–water partition coefficient (Wildman–Crippen LogP) is 4.28. The summed E-state index contributed by atoms with van der Waals surface area (Å²) in [6.07, 6.45) is 3.06. The molecule has 0 unspecified atom stereocenters. The van der Waals surface area contributed by atoms with Crippen LogP contribution in [0.25, 0.3) is 11.1 Å². The molecule has 0 radical (unpaired) electrons. The zero-order chi connectivity index (χ0) is 22.4. The molecule has 1 saturated carbocycles. The van der Waals surface area contributed by atoms with Gasteiger partial charge >= 0.3 is 6.03 Å². The van der Waals surface area contributed by atoms with E-state index in [4.69, 9.17) is 0 Å². The van der Waals surface area contributed by atoms with Crippen LogP contribution in [0.1, 0.15) is 54.6 Å². The van der Waals surface area contributed by atoms with Crippen LogP contribution in [0.15, 0.2) is 42.5 Å². The first kappa shape index (κ1) is 20.7. The fourth-order valence-electron chi connectivity index (χ4n) is 4.55. The van der Waals surface area contributed by atoms with E-state index in [1.165, 1.54) is 4.90 Å². The Morgan fingerprint density at radius 1 is 0.938 bits per heavy atom. The van der Waals surface area contributed by atoms with Gasteiger partial charge in [0.25, 0.3) is 5.91 Å². The maximum Gasteiger partial charge on any atom is 0.327 e. The largest absolute Gasteiger partial charge is 0.331 e.